The molecule has 0 aromatic heterocycles. The van der Waals surface area contributed by atoms with E-state index in [9.17, 15) is 9.18 Å². The number of benzene rings is 1. The van der Waals surface area contributed by atoms with E-state index in [1.807, 2.05) is 30.0 Å². The minimum atomic E-state index is -0.293. The molecule has 0 saturated carbocycles. The van der Waals surface area contributed by atoms with E-state index in [0.717, 1.165) is 18.5 Å². The van der Waals surface area contributed by atoms with Crippen LogP contribution in [0.3, 0.4) is 0 Å². The van der Waals surface area contributed by atoms with Crippen molar-refractivity contribution in [1.29, 1.82) is 0 Å². The zero-order valence-corrected chi connectivity index (χ0v) is 11.7. The fraction of sp³-hybridized carbons (Fsp3) is 0.562. The van der Waals surface area contributed by atoms with Crippen LogP contribution in [0.25, 0.3) is 0 Å². The van der Waals surface area contributed by atoms with Crippen LogP contribution >= 0.6 is 0 Å². The highest BCUT2D eigenvalue weighted by atomic mass is 19.1. The molecule has 0 N–H and O–H groups in total. The van der Waals surface area contributed by atoms with Crippen LogP contribution in [0.5, 0.6) is 0 Å². The van der Waals surface area contributed by atoms with Gasteiger partial charge in [-0.2, -0.15) is 0 Å². The largest absolute Gasteiger partial charge is 0.336 e. The molecule has 1 aromatic rings. The molecule has 1 amide bonds. The number of carbonyl (C=O) groups excluding carboxylic acids is 1. The second-order valence-corrected chi connectivity index (χ2v) is 5.70. The fourth-order valence-electron chi connectivity index (χ4n) is 2.88. The lowest BCUT2D eigenvalue weighted by atomic mass is 9.96. The molecule has 0 radical (unpaired) electrons. The van der Waals surface area contributed by atoms with E-state index in [4.69, 9.17) is 0 Å². The van der Waals surface area contributed by atoms with E-state index in [1.54, 1.807) is 0 Å². The molecule has 0 spiro atoms. The Labute approximate surface area is 114 Å². The standard InChI is InChI=1S/C16H22FNO/c1-12(10-17)8-14-9-16(19)18(11-14)13(2)15-6-4-3-5-7-15/h3-7,12-14H,8-11H2,1-2H3/t12?,13-,14-/m0/s1. The lowest BCUT2D eigenvalue weighted by molar-refractivity contribution is -0.129. The predicted octanol–water partition coefficient (Wildman–Crippen LogP) is 3.59. The molecule has 0 aliphatic carbocycles. The smallest absolute Gasteiger partial charge is 0.223 e. The Morgan fingerprint density at radius 3 is 2.63 bits per heavy atom. The maximum absolute atomic E-state index is 12.6. The minimum absolute atomic E-state index is 0.0600. The van der Waals surface area contributed by atoms with Gasteiger partial charge in [-0.1, -0.05) is 37.3 Å². The number of halogens is 1. The first-order chi connectivity index (χ1) is 9.11. The van der Waals surface area contributed by atoms with Crippen LogP contribution < -0.4 is 0 Å². The van der Waals surface area contributed by atoms with Crippen LogP contribution in [0.1, 0.15) is 38.3 Å². The summed E-state index contributed by atoms with van der Waals surface area (Å²) in [4.78, 5) is 14.0. The molecule has 2 rings (SSSR count). The lowest BCUT2D eigenvalue weighted by Gasteiger charge is -2.25. The molecule has 1 aliphatic heterocycles. The normalized spacial score (nSPS) is 22.6. The number of hydrogen-bond acceptors (Lipinski definition) is 1. The summed E-state index contributed by atoms with van der Waals surface area (Å²) in [6.07, 6.45) is 1.38. The van der Waals surface area contributed by atoms with Crippen LogP contribution in [0, 0.1) is 11.8 Å². The van der Waals surface area contributed by atoms with Gasteiger partial charge in [0.05, 0.1) is 12.7 Å². The molecule has 1 aromatic carbocycles. The van der Waals surface area contributed by atoms with Crippen LogP contribution in [0.15, 0.2) is 30.3 Å². The number of likely N-dealkylation sites (tertiary alicyclic amines) is 1. The molecular formula is C16H22FNO. The number of carbonyl (C=O) groups is 1. The molecule has 1 saturated heterocycles. The SMILES string of the molecule is CC(CF)C[C@H]1CC(=O)N([C@@H](C)c2ccccc2)C1. The molecule has 1 heterocycles. The Morgan fingerprint density at radius 1 is 1.32 bits per heavy atom. The maximum atomic E-state index is 12.6. The van der Waals surface area contributed by atoms with Crippen LogP contribution in [0.4, 0.5) is 4.39 Å². The fourth-order valence-corrected chi connectivity index (χ4v) is 2.88. The first-order valence-corrected chi connectivity index (χ1v) is 7.02. The molecule has 3 atom stereocenters. The Bertz CT molecular complexity index is 420. The minimum Gasteiger partial charge on any atom is -0.336 e. The summed E-state index contributed by atoms with van der Waals surface area (Å²) in [6, 6.07) is 10.2. The maximum Gasteiger partial charge on any atom is 0.223 e. The molecule has 1 fully saturated rings. The van der Waals surface area contributed by atoms with Crippen LogP contribution in [0.2, 0.25) is 0 Å². The summed E-state index contributed by atoms with van der Waals surface area (Å²) in [5.41, 5.74) is 1.16. The third kappa shape index (κ3) is 3.34. The van der Waals surface area contributed by atoms with E-state index < -0.39 is 0 Å². The number of rotatable bonds is 5. The topological polar surface area (TPSA) is 20.3 Å². The predicted molar refractivity (Wildman–Crippen MR) is 74.4 cm³/mol. The van der Waals surface area contributed by atoms with Gasteiger partial charge in [0.15, 0.2) is 0 Å². The van der Waals surface area contributed by atoms with Crippen molar-refractivity contribution in [3.63, 3.8) is 0 Å². The monoisotopic (exact) mass is 263 g/mol. The van der Waals surface area contributed by atoms with Gasteiger partial charge in [-0.05, 0) is 30.7 Å². The van der Waals surface area contributed by atoms with Gasteiger partial charge in [-0.15, -0.1) is 0 Å². The molecule has 104 valence electrons. The van der Waals surface area contributed by atoms with Gasteiger partial charge in [0.2, 0.25) is 5.91 Å². The van der Waals surface area contributed by atoms with Gasteiger partial charge in [-0.3, -0.25) is 9.18 Å². The summed E-state index contributed by atoms with van der Waals surface area (Å²) in [5.74, 6) is 0.571. The highest BCUT2D eigenvalue weighted by Gasteiger charge is 2.33. The molecular weight excluding hydrogens is 241 g/mol. The van der Waals surface area contributed by atoms with Crippen LogP contribution in [-0.4, -0.2) is 24.0 Å². The first-order valence-electron chi connectivity index (χ1n) is 7.02. The van der Waals surface area contributed by atoms with Gasteiger partial charge < -0.3 is 4.90 Å². The second kappa shape index (κ2) is 6.18. The second-order valence-electron chi connectivity index (χ2n) is 5.70. The molecule has 0 bridgehead atoms. The lowest BCUT2D eigenvalue weighted by Crippen LogP contribution is -2.28. The third-order valence-electron chi connectivity index (χ3n) is 3.99. The molecule has 1 unspecified atom stereocenters. The number of hydrogen-bond donors (Lipinski definition) is 0. The van der Waals surface area contributed by atoms with Crippen molar-refractivity contribution >= 4 is 5.91 Å². The molecule has 19 heavy (non-hydrogen) atoms. The van der Waals surface area contributed by atoms with Crippen LogP contribution in [-0.2, 0) is 4.79 Å². The third-order valence-corrected chi connectivity index (χ3v) is 3.99. The van der Waals surface area contributed by atoms with E-state index in [-0.39, 0.29) is 24.5 Å². The van der Waals surface area contributed by atoms with Gasteiger partial charge in [0.25, 0.3) is 0 Å². The summed E-state index contributed by atoms with van der Waals surface area (Å²) < 4.78 is 12.6. The number of nitrogens with zero attached hydrogens (tertiary/aromatic N) is 1. The Kier molecular flexibility index (Phi) is 4.56. The van der Waals surface area contributed by atoms with Crippen molar-refractivity contribution in [2.75, 3.05) is 13.2 Å². The van der Waals surface area contributed by atoms with Crippen molar-refractivity contribution < 1.29 is 9.18 Å². The van der Waals surface area contributed by atoms with Gasteiger partial charge in [0.1, 0.15) is 0 Å². The van der Waals surface area contributed by atoms with Crippen molar-refractivity contribution in [2.45, 2.75) is 32.7 Å². The Hall–Kier alpha value is -1.38. The number of amides is 1. The average molecular weight is 263 g/mol. The van der Waals surface area contributed by atoms with Gasteiger partial charge >= 0.3 is 0 Å². The number of alkyl halides is 1. The summed E-state index contributed by atoms with van der Waals surface area (Å²) in [7, 11) is 0. The highest BCUT2D eigenvalue weighted by molar-refractivity contribution is 5.79. The van der Waals surface area contributed by atoms with Crippen molar-refractivity contribution in [3.05, 3.63) is 35.9 Å². The zero-order valence-electron chi connectivity index (χ0n) is 11.7. The van der Waals surface area contributed by atoms with E-state index in [2.05, 4.69) is 19.1 Å². The molecule has 3 heteroatoms. The van der Waals surface area contributed by atoms with E-state index in [0.29, 0.717) is 12.3 Å². The molecule has 2 nitrogen and oxygen atoms in total. The van der Waals surface area contributed by atoms with Crippen molar-refractivity contribution in [3.8, 4) is 0 Å². The van der Waals surface area contributed by atoms with Gasteiger partial charge in [0, 0.05) is 13.0 Å². The van der Waals surface area contributed by atoms with Crippen molar-refractivity contribution in [1.82, 2.24) is 4.90 Å². The van der Waals surface area contributed by atoms with Crippen molar-refractivity contribution in [2.24, 2.45) is 11.8 Å². The van der Waals surface area contributed by atoms with Gasteiger partial charge in [-0.25, -0.2) is 0 Å². The summed E-state index contributed by atoms with van der Waals surface area (Å²) in [6.45, 7) is 4.44. The average Bonchev–Trinajstić information content (AvgIpc) is 2.79. The molecule has 1 aliphatic rings. The highest BCUT2D eigenvalue weighted by Crippen LogP contribution is 2.31. The Morgan fingerprint density at radius 2 is 2.00 bits per heavy atom. The first kappa shape index (κ1) is 14.0. The Balaban J connectivity index is 2.00. The quantitative estimate of drug-likeness (QED) is 0.795. The zero-order chi connectivity index (χ0) is 13.8. The summed E-state index contributed by atoms with van der Waals surface area (Å²) >= 11 is 0. The van der Waals surface area contributed by atoms with E-state index in [1.165, 1.54) is 0 Å². The van der Waals surface area contributed by atoms with E-state index >= 15 is 0 Å². The summed E-state index contributed by atoms with van der Waals surface area (Å²) in [5, 5.41) is 0.